The predicted octanol–water partition coefficient (Wildman–Crippen LogP) is 1.06. The van der Waals surface area contributed by atoms with E-state index in [1.54, 1.807) is 6.20 Å². The van der Waals surface area contributed by atoms with Gasteiger partial charge in [-0.1, -0.05) is 6.92 Å². The average Bonchev–Trinajstić information content (AvgIpc) is 3.03. The van der Waals surface area contributed by atoms with Crippen LogP contribution in [0.15, 0.2) is 18.5 Å². The summed E-state index contributed by atoms with van der Waals surface area (Å²) >= 11 is 0. The van der Waals surface area contributed by atoms with Crippen molar-refractivity contribution in [2.45, 2.75) is 26.3 Å². The van der Waals surface area contributed by atoms with Gasteiger partial charge in [0, 0.05) is 25.5 Å². The molecular weight excluding hydrogens is 264 g/mol. The van der Waals surface area contributed by atoms with Crippen LogP contribution >= 0.6 is 12.4 Å². The molecule has 19 heavy (non-hydrogen) atoms. The number of rotatable bonds is 8. The summed E-state index contributed by atoms with van der Waals surface area (Å²) < 4.78 is 1.89. The Kier molecular flexibility index (Phi) is 6.87. The third-order valence-electron chi connectivity index (χ3n) is 3.12. The van der Waals surface area contributed by atoms with E-state index in [0.717, 1.165) is 19.0 Å². The third kappa shape index (κ3) is 6.59. The fourth-order valence-electron chi connectivity index (χ4n) is 1.85. The topological polar surface area (TPSA) is 59.0 Å². The minimum atomic E-state index is 0. The first-order valence-corrected chi connectivity index (χ1v) is 6.69. The zero-order valence-electron chi connectivity index (χ0n) is 11.3. The third-order valence-corrected chi connectivity index (χ3v) is 3.12. The zero-order chi connectivity index (χ0) is 12.8. The Bertz CT molecular complexity index is 365. The average molecular weight is 287 g/mol. The number of carbonyl (C=O) groups is 1. The maximum absolute atomic E-state index is 11.6. The van der Waals surface area contributed by atoms with Crippen molar-refractivity contribution < 1.29 is 4.79 Å². The van der Waals surface area contributed by atoms with E-state index in [1.807, 2.05) is 16.9 Å². The van der Waals surface area contributed by atoms with E-state index in [-0.39, 0.29) is 18.3 Å². The Labute approximate surface area is 120 Å². The van der Waals surface area contributed by atoms with Crippen molar-refractivity contribution in [1.29, 1.82) is 0 Å². The minimum Gasteiger partial charge on any atom is -0.355 e. The summed E-state index contributed by atoms with van der Waals surface area (Å²) in [4.78, 5) is 11.6. The number of aromatic nitrogens is 2. The lowest BCUT2D eigenvalue weighted by atomic mass is 10.2. The fraction of sp³-hybridized carbons (Fsp3) is 0.692. The van der Waals surface area contributed by atoms with Crippen LogP contribution in [0.1, 0.15) is 19.8 Å². The standard InChI is InChI=1S/C13H22N4O.ClH/c1-11(10-17-6-2-5-16-17)7-15-13(18)9-14-8-12-3-4-12;/h2,5-6,11-12,14H,3-4,7-10H2,1H3,(H,15,18);1H. The highest BCUT2D eigenvalue weighted by Crippen LogP contribution is 2.27. The van der Waals surface area contributed by atoms with Gasteiger partial charge >= 0.3 is 0 Å². The molecule has 0 aromatic carbocycles. The summed E-state index contributed by atoms with van der Waals surface area (Å²) in [6.45, 7) is 5.06. The van der Waals surface area contributed by atoms with E-state index in [2.05, 4.69) is 22.7 Å². The van der Waals surface area contributed by atoms with Crippen LogP contribution in [-0.4, -0.2) is 35.3 Å². The second-order valence-electron chi connectivity index (χ2n) is 5.21. The molecule has 1 aromatic heterocycles. The largest absolute Gasteiger partial charge is 0.355 e. The molecule has 0 aliphatic heterocycles. The van der Waals surface area contributed by atoms with Crippen LogP contribution in [0.25, 0.3) is 0 Å². The van der Waals surface area contributed by atoms with E-state index in [1.165, 1.54) is 12.8 Å². The molecular formula is C13H23ClN4O. The Balaban J connectivity index is 0.00000180. The SMILES string of the molecule is CC(CNC(=O)CNCC1CC1)Cn1cccn1.Cl. The molecule has 2 rings (SSSR count). The van der Waals surface area contributed by atoms with Gasteiger partial charge in [0.05, 0.1) is 6.54 Å². The van der Waals surface area contributed by atoms with E-state index in [4.69, 9.17) is 0 Å². The zero-order valence-corrected chi connectivity index (χ0v) is 12.2. The Morgan fingerprint density at radius 3 is 2.95 bits per heavy atom. The van der Waals surface area contributed by atoms with Gasteiger partial charge in [0.25, 0.3) is 0 Å². The highest BCUT2D eigenvalue weighted by Gasteiger charge is 2.20. The molecule has 0 saturated heterocycles. The molecule has 1 unspecified atom stereocenters. The maximum atomic E-state index is 11.6. The summed E-state index contributed by atoms with van der Waals surface area (Å²) in [6, 6.07) is 1.91. The smallest absolute Gasteiger partial charge is 0.233 e. The highest BCUT2D eigenvalue weighted by atomic mass is 35.5. The van der Waals surface area contributed by atoms with Gasteiger partial charge in [-0.15, -0.1) is 12.4 Å². The molecule has 1 amide bonds. The number of nitrogens with one attached hydrogen (secondary N) is 2. The number of amides is 1. The van der Waals surface area contributed by atoms with Crippen molar-refractivity contribution >= 4 is 18.3 Å². The summed E-state index contributed by atoms with van der Waals surface area (Å²) in [5.74, 6) is 1.29. The van der Waals surface area contributed by atoms with Gasteiger partial charge in [0.2, 0.25) is 5.91 Å². The molecule has 1 heterocycles. The Morgan fingerprint density at radius 2 is 2.32 bits per heavy atom. The maximum Gasteiger partial charge on any atom is 0.233 e. The molecule has 108 valence electrons. The Morgan fingerprint density at radius 1 is 1.53 bits per heavy atom. The summed E-state index contributed by atoms with van der Waals surface area (Å²) in [5, 5.41) is 10.3. The van der Waals surface area contributed by atoms with Crippen molar-refractivity contribution in [2.75, 3.05) is 19.6 Å². The van der Waals surface area contributed by atoms with E-state index < -0.39 is 0 Å². The highest BCUT2D eigenvalue weighted by molar-refractivity contribution is 5.85. The number of hydrogen-bond acceptors (Lipinski definition) is 3. The Hall–Kier alpha value is -1.07. The van der Waals surface area contributed by atoms with Crippen molar-refractivity contribution in [3.63, 3.8) is 0 Å². The summed E-state index contributed by atoms with van der Waals surface area (Å²) in [7, 11) is 0. The van der Waals surface area contributed by atoms with Gasteiger partial charge in [-0.25, -0.2) is 0 Å². The molecule has 1 atom stereocenters. The number of halogens is 1. The molecule has 1 aliphatic rings. The van der Waals surface area contributed by atoms with Crippen LogP contribution in [0.4, 0.5) is 0 Å². The fourth-order valence-corrected chi connectivity index (χ4v) is 1.85. The van der Waals surface area contributed by atoms with Crippen molar-refractivity contribution in [1.82, 2.24) is 20.4 Å². The van der Waals surface area contributed by atoms with Gasteiger partial charge < -0.3 is 10.6 Å². The first kappa shape index (κ1) is 16.0. The lowest BCUT2D eigenvalue weighted by molar-refractivity contribution is -0.120. The molecule has 5 nitrogen and oxygen atoms in total. The number of hydrogen-bond donors (Lipinski definition) is 2. The first-order chi connectivity index (χ1) is 8.74. The lowest BCUT2D eigenvalue weighted by Gasteiger charge is -2.13. The molecule has 1 aliphatic carbocycles. The van der Waals surface area contributed by atoms with Gasteiger partial charge in [0.15, 0.2) is 0 Å². The van der Waals surface area contributed by atoms with Gasteiger partial charge in [-0.2, -0.15) is 5.10 Å². The van der Waals surface area contributed by atoms with E-state index in [0.29, 0.717) is 19.0 Å². The minimum absolute atomic E-state index is 0. The van der Waals surface area contributed by atoms with Crippen LogP contribution < -0.4 is 10.6 Å². The molecule has 0 bridgehead atoms. The molecule has 6 heteroatoms. The van der Waals surface area contributed by atoms with E-state index >= 15 is 0 Å². The normalized spacial score (nSPS) is 15.6. The van der Waals surface area contributed by atoms with Crippen LogP contribution in [0, 0.1) is 11.8 Å². The quantitative estimate of drug-likeness (QED) is 0.751. The second kappa shape index (κ2) is 8.17. The number of carbonyl (C=O) groups excluding carboxylic acids is 1. The monoisotopic (exact) mass is 286 g/mol. The molecule has 1 fully saturated rings. The number of nitrogens with zero attached hydrogens (tertiary/aromatic N) is 2. The predicted molar refractivity (Wildman–Crippen MR) is 77.2 cm³/mol. The molecule has 0 radical (unpaired) electrons. The molecule has 1 saturated carbocycles. The lowest BCUT2D eigenvalue weighted by Crippen LogP contribution is -2.37. The van der Waals surface area contributed by atoms with Gasteiger partial charge in [-0.05, 0) is 37.3 Å². The van der Waals surface area contributed by atoms with Crippen LogP contribution in [0.5, 0.6) is 0 Å². The van der Waals surface area contributed by atoms with Gasteiger partial charge in [-0.3, -0.25) is 9.48 Å². The van der Waals surface area contributed by atoms with Crippen LogP contribution in [-0.2, 0) is 11.3 Å². The van der Waals surface area contributed by atoms with Gasteiger partial charge in [0.1, 0.15) is 0 Å². The van der Waals surface area contributed by atoms with Crippen molar-refractivity contribution in [3.05, 3.63) is 18.5 Å². The first-order valence-electron chi connectivity index (χ1n) is 6.69. The van der Waals surface area contributed by atoms with Crippen molar-refractivity contribution in [3.8, 4) is 0 Å². The summed E-state index contributed by atoms with van der Waals surface area (Å²) in [6.07, 6.45) is 6.34. The molecule has 1 aromatic rings. The van der Waals surface area contributed by atoms with Crippen LogP contribution in [0.3, 0.4) is 0 Å². The second-order valence-corrected chi connectivity index (χ2v) is 5.21. The summed E-state index contributed by atoms with van der Waals surface area (Å²) in [5.41, 5.74) is 0. The van der Waals surface area contributed by atoms with Crippen LogP contribution in [0.2, 0.25) is 0 Å². The molecule has 2 N–H and O–H groups in total. The molecule has 0 spiro atoms. The van der Waals surface area contributed by atoms with Crippen molar-refractivity contribution in [2.24, 2.45) is 11.8 Å². The van der Waals surface area contributed by atoms with E-state index in [9.17, 15) is 4.79 Å².